The highest BCUT2D eigenvalue weighted by Gasteiger charge is 2.12. The Morgan fingerprint density at radius 1 is 0.682 bits per heavy atom. The fourth-order valence-electron chi connectivity index (χ4n) is 3.06. The van der Waals surface area contributed by atoms with Gasteiger partial charge < -0.3 is 29.4 Å². The van der Waals surface area contributed by atoms with Crippen molar-refractivity contribution in [2.24, 2.45) is 5.73 Å². The highest BCUT2D eigenvalue weighted by molar-refractivity contribution is 5.73. The lowest BCUT2D eigenvalue weighted by Crippen LogP contribution is -2.42. The van der Waals surface area contributed by atoms with Gasteiger partial charge >= 0.3 is 24.2 Å². The van der Waals surface area contributed by atoms with Gasteiger partial charge in [0.1, 0.15) is 24.6 Å². The Bertz CT molecular complexity index is 1210. The van der Waals surface area contributed by atoms with Crippen molar-refractivity contribution < 1.29 is 42.9 Å². The van der Waals surface area contributed by atoms with E-state index in [1.807, 2.05) is 84.9 Å². The Labute approximate surface area is 257 Å². The highest BCUT2D eigenvalue weighted by Crippen LogP contribution is 2.12. The van der Waals surface area contributed by atoms with Gasteiger partial charge in [-0.2, -0.15) is 0 Å². The first kappa shape index (κ1) is 36.8. The lowest BCUT2D eigenvalue weighted by Gasteiger charge is -2.16. The number of carbonyl (C=O) groups is 4. The lowest BCUT2D eigenvalue weighted by atomic mass is 10.1. The van der Waals surface area contributed by atoms with Crippen molar-refractivity contribution in [3.63, 3.8) is 0 Å². The van der Waals surface area contributed by atoms with Crippen molar-refractivity contribution in [2.75, 3.05) is 14.2 Å². The molecule has 238 valence electrons. The minimum Gasteiger partial charge on any atom is -0.497 e. The molecule has 0 aromatic heterocycles. The molecule has 12 nitrogen and oxygen atoms in total. The Morgan fingerprint density at radius 3 is 1.48 bits per heavy atom. The first-order valence-corrected chi connectivity index (χ1v) is 13.5. The van der Waals surface area contributed by atoms with Crippen LogP contribution >= 0.6 is 0 Å². The molecule has 3 amide bonds. The summed E-state index contributed by atoms with van der Waals surface area (Å²) in [4.78, 5) is 43.7. The summed E-state index contributed by atoms with van der Waals surface area (Å²) in [6, 6.07) is 26.1. The highest BCUT2D eigenvalue weighted by atomic mass is 16.6. The molecule has 0 atom stereocenters. The molecular formula is C32H41N3O9. The molecule has 0 radical (unpaired) electrons. The molecule has 44 heavy (non-hydrogen) atoms. The first-order chi connectivity index (χ1) is 20.9. The number of hydrogen-bond donors (Lipinski definition) is 3. The molecule has 12 heteroatoms. The fourth-order valence-corrected chi connectivity index (χ4v) is 3.06. The van der Waals surface area contributed by atoms with Crippen LogP contribution < -0.4 is 21.3 Å². The topological polar surface area (TPSA) is 165 Å². The summed E-state index contributed by atoms with van der Waals surface area (Å²) in [5.74, 6) is 0.646. The van der Waals surface area contributed by atoms with Gasteiger partial charge in [-0.05, 0) is 56.0 Å². The van der Waals surface area contributed by atoms with Gasteiger partial charge in [0.25, 0.3) is 0 Å². The molecule has 0 aliphatic carbocycles. The van der Waals surface area contributed by atoms with E-state index in [1.54, 1.807) is 27.9 Å². The molecule has 0 saturated heterocycles. The molecule has 0 heterocycles. The summed E-state index contributed by atoms with van der Waals surface area (Å²) in [5.41, 5.74) is 11.3. The van der Waals surface area contributed by atoms with Crippen LogP contribution in [0.15, 0.2) is 84.9 Å². The first-order valence-electron chi connectivity index (χ1n) is 13.5. The summed E-state index contributed by atoms with van der Waals surface area (Å²) in [7, 11) is 3.03. The van der Waals surface area contributed by atoms with E-state index in [2.05, 4.69) is 20.3 Å². The van der Waals surface area contributed by atoms with Gasteiger partial charge in [-0.15, -0.1) is 0 Å². The molecule has 3 aromatic rings. The van der Waals surface area contributed by atoms with Crippen LogP contribution in [0.3, 0.4) is 0 Å². The Hall–Kier alpha value is -5.26. The number of primary amides is 1. The average Bonchev–Trinajstić information content (AvgIpc) is 3.01. The third-order valence-corrected chi connectivity index (χ3v) is 5.10. The molecule has 3 aromatic carbocycles. The molecule has 0 saturated carbocycles. The van der Waals surface area contributed by atoms with Crippen LogP contribution in [-0.2, 0) is 43.4 Å². The van der Waals surface area contributed by atoms with E-state index in [9.17, 15) is 19.2 Å². The van der Waals surface area contributed by atoms with Crippen LogP contribution in [0.2, 0.25) is 0 Å². The molecule has 0 spiro atoms. The minimum absolute atomic E-state index is 0.118. The van der Waals surface area contributed by atoms with Gasteiger partial charge in [0.15, 0.2) is 0 Å². The van der Waals surface area contributed by atoms with Gasteiger partial charge in [0.05, 0.1) is 14.2 Å². The molecule has 3 rings (SSSR count). The van der Waals surface area contributed by atoms with Crippen molar-refractivity contribution in [3.8, 4) is 5.75 Å². The number of esters is 1. The lowest BCUT2D eigenvalue weighted by molar-refractivity contribution is -0.140. The third kappa shape index (κ3) is 19.0. The van der Waals surface area contributed by atoms with E-state index in [0.29, 0.717) is 12.8 Å². The normalized spacial score (nSPS) is 9.84. The standard InChI is InChI=1S/C16H16N2O4.C11H14O3.C5H11NO2/c19-15(21-11-13-7-3-1-4-8-13)17-18-16(20)22-12-14-9-5-2-6-10-14;1-13-10-6-3-9(4-7-10)5-8-11(12)14-2;1-5(2,3)8-4(6)7/h1-10H,11-12H2,(H,17,19)(H,18,20);3-4,6-7H,5,8H2,1-2H3;1-3H3,(H2,6,7). The summed E-state index contributed by atoms with van der Waals surface area (Å²) < 4.78 is 24.0. The zero-order valence-corrected chi connectivity index (χ0v) is 25.7. The molecule has 0 aliphatic rings. The van der Waals surface area contributed by atoms with Gasteiger partial charge in [-0.25, -0.2) is 25.2 Å². The zero-order chi connectivity index (χ0) is 32.8. The summed E-state index contributed by atoms with van der Waals surface area (Å²) >= 11 is 0. The van der Waals surface area contributed by atoms with Crippen LogP contribution in [0.5, 0.6) is 5.75 Å². The average molecular weight is 612 g/mol. The number of hydrogen-bond acceptors (Lipinski definition) is 9. The second-order valence-electron chi connectivity index (χ2n) is 9.83. The second kappa shape index (κ2) is 20.6. The van der Waals surface area contributed by atoms with Gasteiger partial charge in [-0.3, -0.25) is 4.79 Å². The number of nitrogens with one attached hydrogen (secondary N) is 2. The van der Waals surface area contributed by atoms with E-state index in [-0.39, 0.29) is 19.2 Å². The van der Waals surface area contributed by atoms with Crippen molar-refractivity contribution in [2.45, 2.75) is 52.4 Å². The summed E-state index contributed by atoms with van der Waals surface area (Å²) in [6.45, 7) is 5.52. The number of ether oxygens (including phenoxy) is 5. The maximum Gasteiger partial charge on any atom is 0.426 e. The Kier molecular flexibility index (Phi) is 17.2. The fraction of sp³-hybridized carbons (Fsp3) is 0.312. The van der Waals surface area contributed by atoms with E-state index in [1.165, 1.54) is 7.11 Å². The maximum atomic E-state index is 11.4. The largest absolute Gasteiger partial charge is 0.497 e. The number of rotatable bonds is 8. The minimum atomic E-state index is -0.763. The van der Waals surface area contributed by atoms with Crippen molar-refractivity contribution in [1.82, 2.24) is 10.9 Å². The van der Waals surface area contributed by atoms with E-state index >= 15 is 0 Å². The van der Waals surface area contributed by atoms with Crippen LogP contribution in [0.4, 0.5) is 14.4 Å². The Morgan fingerprint density at radius 2 is 1.14 bits per heavy atom. The van der Waals surface area contributed by atoms with Crippen LogP contribution in [0.1, 0.15) is 43.9 Å². The number of methoxy groups -OCH3 is 2. The van der Waals surface area contributed by atoms with Crippen molar-refractivity contribution >= 4 is 24.2 Å². The van der Waals surface area contributed by atoms with Crippen molar-refractivity contribution in [1.29, 1.82) is 0 Å². The summed E-state index contributed by atoms with van der Waals surface area (Å²) in [6.07, 6.45) is -1.13. The Balaban J connectivity index is 0.000000375. The molecule has 0 unspecified atom stereocenters. The quantitative estimate of drug-likeness (QED) is 0.171. The van der Waals surface area contributed by atoms with Gasteiger partial charge in [0.2, 0.25) is 0 Å². The molecule has 0 bridgehead atoms. The number of amides is 3. The number of nitrogens with two attached hydrogens (primary N) is 1. The molecular weight excluding hydrogens is 570 g/mol. The van der Waals surface area contributed by atoms with Crippen molar-refractivity contribution in [3.05, 3.63) is 102 Å². The predicted octanol–water partition coefficient (Wildman–Crippen LogP) is 5.44. The molecule has 0 aliphatic heterocycles. The second-order valence-corrected chi connectivity index (χ2v) is 9.83. The number of aryl methyl sites for hydroxylation is 1. The molecule has 0 fully saturated rings. The van der Waals surface area contributed by atoms with Crippen LogP contribution in [-0.4, -0.2) is 44.1 Å². The third-order valence-electron chi connectivity index (χ3n) is 5.10. The van der Waals surface area contributed by atoms with Gasteiger partial charge in [0, 0.05) is 6.42 Å². The van der Waals surface area contributed by atoms with E-state index in [0.717, 1.165) is 22.4 Å². The zero-order valence-electron chi connectivity index (χ0n) is 25.7. The number of benzene rings is 3. The van der Waals surface area contributed by atoms with Gasteiger partial charge in [-0.1, -0.05) is 72.8 Å². The van der Waals surface area contributed by atoms with Crippen LogP contribution in [0, 0.1) is 0 Å². The number of hydrazine groups is 1. The smallest absolute Gasteiger partial charge is 0.426 e. The number of carbonyl (C=O) groups excluding carboxylic acids is 4. The molecule has 4 N–H and O–H groups in total. The van der Waals surface area contributed by atoms with Crippen LogP contribution in [0.25, 0.3) is 0 Å². The SMILES string of the molecule is CC(C)(C)OC(N)=O.COC(=O)CCc1ccc(OC)cc1.O=C(NNC(=O)OCc1ccccc1)OCc1ccccc1. The summed E-state index contributed by atoms with van der Waals surface area (Å²) in [5, 5.41) is 0. The predicted molar refractivity (Wildman–Crippen MR) is 163 cm³/mol. The monoisotopic (exact) mass is 611 g/mol. The van der Waals surface area contributed by atoms with E-state index in [4.69, 9.17) is 19.9 Å². The maximum absolute atomic E-state index is 11.4. The van der Waals surface area contributed by atoms with E-state index < -0.39 is 23.9 Å².